The van der Waals surface area contributed by atoms with Crippen LogP contribution in [0.3, 0.4) is 0 Å². The number of carboxylic acid groups (broad SMARTS) is 1. The number of rotatable bonds is 5. The van der Waals surface area contributed by atoms with Gasteiger partial charge in [0.05, 0.1) is 19.6 Å². The number of carboxylic acids is 1. The molecule has 0 spiro atoms. The minimum atomic E-state index is -1.11. The van der Waals surface area contributed by atoms with Crippen molar-refractivity contribution in [2.24, 2.45) is 11.8 Å². The van der Waals surface area contributed by atoms with E-state index >= 15 is 0 Å². The van der Waals surface area contributed by atoms with E-state index in [0.717, 1.165) is 25.9 Å². The summed E-state index contributed by atoms with van der Waals surface area (Å²) in [6, 6.07) is 0.200. The molecule has 2 N–H and O–H groups in total. The average molecular weight is 294 g/mol. The van der Waals surface area contributed by atoms with Crippen LogP contribution in [0.1, 0.15) is 39.0 Å². The number of allylic oxidation sites excluding steroid dienone is 2. The van der Waals surface area contributed by atoms with Crippen molar-refractivity contribution in [1.82, 2.24) is 5.32 Å². The first-order valence-electron chi connectivity index (χ1n) is 8.11. The second-order valence-electron chi connectivity index (χ2n) is 6.26. The molecular weight excluding hydrogens is 268 g/mol. The Balaban J connectivity index is 1.84. The zero-order valence-corrected chi connectivity index (χ0v) is 12.8. The minimum Gasteiger partial charge on any atom is -0.550 e. The summed E-state index contributed by atoms with van der Waals surface area (Å²) in [6.45, 7) is 5.57. The van der Waals surface area contributed by atoms with Gasteiger partial charge >= 0.3 is 0 Å². The lowest BCUT2D eigenvalue weighted by Crippen LogP contribution is -3.13. The second-order valence-corrected chi connectivity index (χ2v) is 6.26. The Bertz CT molecular complexity index is 400. The number of quaternary nitrogens is 1. The highest BCUT2D eigenvalue weighted by Crippen LogP contribution is 2.25. The lowest BCUT2D eigenvalue weighted by atomic mass is 9.82. The van der Waals surface area contributed by atoms with Gasteiger partial charge in [0, 0.05) is 36.7 Å². The zero-order valence-electron chi connectivity index (χ0n) is 12.8. The third kappa shape index (κ3) is 4.30. The van der Waals surface area contributed by atoms with Gasteiger partial charge in [-0.3, -0.25) is 4.79 Å². The van der Waals surface area contributed by atoms with Gasteiger partial charge in [-0.1, -0.05) is 19.1 Å². The Morgan fingerprint density at radius 1 is 1.19 bits per heavy atom. The van der Waals surface area contributed by atoms with Crippen LogP contribution in [-0.2, 0) is 9.59 Å². The van der Waals surface area contributed by atoms with Crippen molar-refractivity contribution in [3.8, 4) is 0 Å². The highest BCUT2D eigenvalue weighted by atomic mass is 16.4. The number of amides is 1. The van der Waals surface area contributed by atoms with Gasteiger partial charge in [-0.15, -0.1) is 0 Å². The summed E-state index contributed by atoms with van der Waals surface area (Å²) in [4.78, 5) is 25.1. The molecule has 5 heteroatoms. The molecule has 1 amide bonds. The Hall–Kier alpha value is -1.36. The van der Waals surface area contributed by atoms with Crippen molar-refractivity contribution in [2.45, 2.75) is 45.1 Å². The highest BCUT2D eigenvalue weighted by Gasteiger charge is 2.32. The van der Waals surface area contributed by atoms with Gasteiger partial charge in [0.2, 0.25) is 5.91 Å². The van der Waals surface area contributed by atoms with Crippen LogP contribution in [0.2, 0.25) is 0 Å². The molecule has 0 aromatic carbocycles. The molecule has 1 aliphatic heterocycles. The molecule has 2 aliphatic rings. The van der Waals surface area contributed by atoms with Crippen molar-refractivity contribution in [3.05, 3.63) is 12.2 Å². The van der Waals surface area contributed by atoms with E-state index in [1.54, 1.807) is 4.90 Å². The molecule has 0 saturated carbocycles. The molecule has 0 unspecified atom stereocenters. The Morgan fingerprint density at radius 3 is 2.38 bits per heavy atom. The summed E-state index contributed by atoms with van der Waals surface area (Å²) in [5.41, 5.74) is 0. The summed E-state index contributed by atoms with van der Waals surface area (Å²) in [5.74, 6) is -2.37. The van der Waals surface area contributed by atoms with Crippen LogP contribution in [0.5, 0.6) is 0 Å². The monoisotopic (exact) mass is 294 g/mol. The van der Waals surface area contributed by atoms with Crippen LogP contribution in [0.15, 0.2) is 12.2 Å². The molecule has 0 aromatic rings. The van der Waals surface area contributed by atoms with Gasteiger partial charge in [-0.2, -0.15) is 0 Å². The zero-order chi connectivity index (χ0) is 15.2. The maximum atomic E-state index is 12.3. The van der Waals surface area contributed by atoms with Gasteiger partial charge < -0.3 is 20.1 Å². The van der Waals surface area contributed by atoms with Gasteiger partial charge in [0.25, 0.3) is 0 Å². The standard InChI is InChI=1S/C16H26N2O3/c1-2-9-18-10-7-12(8-11-18)17-15(19)13-5-3-4-6-14(13)16(20)21/h3-4,12-14H,2,5-11H2,1H3,(H,17,19)(H,20,21)/t13-,14-/m1/s1. The van der Waals surface area contributed by atoms with Crippen LogP contribution >= 0.6 is 0 Å². The van der Waals surface area contributed by atoms with E-state index in [-0.39, 0.29) is 11.9 Å². The quantitative estimate of drug-likeness (QED) is 0.632. The van der Waals surface area contributed by atoms with E-state index in [1.807, 2.05) is 12.2 Å². The summed E-state index contributed by atoms with van der Waals surface area (Å²) < 4.78 is 0. The fourth-order valence-corrected chi connectivity index (χ4v) is 3.45. The molecule has 0 radical (unpaired) electrons. The summed E-state index contributed by atoms with van der Waals surface area (Å²) >= 11 is 0. The van der Waals surface area contributed by atoms with Crippen LogP contribution < -0.4 is 15.3 Å². The topological polar surface area (TPSA) is 73.7 Å². The number of carbonyl (C=O) groups is 2. The maximum Gasteiger partial charge on any atom is 0.224 e. The lowest BCUT2D eigenvalue weighted by Gasteiger charge is -2.33. The Kier molecular flexibility index (Phi) is 5.79. The molecule has 1 saturated heterocycles. The molecule has 118 valence electrons. The van der Waals surface area contributed by atoms with E-state index in [2.05, 4.69) is 12.2 Å². The second kappa shape index (κ2) is 7.59. The first-order chi connectivity index (χ1) is 10.1. The molecule has 1 aliphatic carbocycles. The van der Waals surface area contributed by atoms with Crippen molar-refractivity contribution in [1.29, 1.82) is 0 Å². The van der Waals surface area contributed by atoms with Crippen LogP contribution in [0.4, 0.5) is 0 Å². The third-order valence-corrected chi connectivity index (χ3v) is 4.71. The molecule has 5 nitrogen and oxygen atoms in total. The summed E-state index contributed by atoms with van der Waals surface area (Å²) in [6.07, 6.45) is 7.80. The average Bonchev–Trinajstić information content (AvgIpc) is 2.49. The highest BCUT2D eigenvalue weighted by molar-refractivity contribution is 5.84. The number of aliphatic carboxylic acids is 1. The SMILES string of the molecule is CCC[NH+]1CCC(NC(=O)[C@@H]2CC=CC[C@H]2C(=O)[O-])CC1. The molecule has 2 rings (SSSR count). The third-order valence-electron chi connectivity index (χ3n) is 4.71. The van der Waals surface area contributed by atoms with E-state index in [1.165, 1.54) is 13.0 Å². The van der Waals surface area contributed by atoms with Gasteiger partial charge in [0.15, 0.2) is 0 Å². The number of carbonyl (C=O) groups excluding carboxylic acids is 2. The van der Waals surface area contributed by atoms with Crippen molar-refractivity contribution < 1.29 is 19.6 Å². The van der Waals surface area contributed by atoms with Gasteiger partial charge in [0.1, 0.15) is 0 Å². The van der Waals surface area contributed by atoms with Crippen molar-refractivity contribution >= 4 is 11.9 Å². The normalized spacial score (nSPS) is 32.6. The molecule has 0 bridgehead atoms. The molecule has 1 fully saturated rings. The summed E-state index contributed by atoms with van der Waals surface area (Å²) in [7, 11) is 0. The maximum absolute atomic E-state index is 12.3. The minimum absolute atomic E-state index is 0.113. The lowest BCUT2D eigenvalue weighted by molar-refractivity contribution is -0.905. The van der Waals surface area contributed by atoms with E-state index in [9.17, 15) is 14.7 Å². The number of piperidine rings is 1. The first kappa shape index (κ1) is 16.0. The van der Waals surface area contributed by atoms with E-state index < -0.39 is 17.8 Å². The largest absolute Gasteiger partial charge is 0.550 e. The van der Waals surface area contributed by atoms with E-state index in [0.29, 0.717) is 12.8 Å². The van der Waals surface area contributed by atoms with E-state index in [4.69, 9.17) is 0 Å². The van der Waals surface area contributed by atoms with Crippen molar-refractivity contribution in [2.75, 3.05) is 19.6 Å². The number of likely N-dealkylation sites (tertiary alicyclic amines) is 1. The number of hydrogen-bond acceptors (Lipinski definition) is 3. The van der Waals surface area contributed by atoms with Crippen molar-refractivity contribution in [3.63, 3.8) is 0 Å². The fraction of sp³-hybridized carbons (Fsp3) is 0.750. The smallest absolute Gasteiger partial charge is 0.224 e. The molecular formula is C16H26N2O3. The Morgan fingerprint density at radius 2 is 1.81 bits per heavy atom. The van der Waals surface area contributed by atoms with Crippen LogP contribution in [0.25, 0.3) is 0 Å². The predicted molar refractivity (Wildman–Crippen MR) is 77.4 cm³/mol. The Labute approximate surface area is 126 Å². The predicted octanol–water partition coefficient (Wildman–Crippen LogP) is -1.11. The van der Waals surface area contributed by atoms with Crippen LogP contribution in [0, 0.1) is 11.8 Å². The molecule has 0 aromatic heterocycles. The molecule has 2 atom stereocenters. The number of nitrogens with one attached hydrogen (secondary N) is 2. The fourth-order valence-electron chi connectivity index (χ4n) is 3.45. The van der Waals surface area contributed by atoms with Gasteiger partial charge in [-0.05, 0) is 19.3 Å². The molecule has 21 heavy (non-hydrogen) atoms. The number of hydrogen-bond donors (Lipinski definition) is 2. The van der Waals surface area contributed by atoms with Crippen LogP contribution in [-0.4, -0.2) is 37.6 Å². The first-order valence-corrected chi connectivity index (χ1v) is 8.11. The summed E-state index contributed by atoms with van der Waals surface area (Å²) in [5, 5.41) is 14.2. The molecule has 1 heterocycles. The van der Waals surface area contributed by atoms with Gasteiger partial charge in [-0.25, -0.2) is 0 Å².